The standard InChI is InChI=1S/C25H32N6O/c1-4-24-27-22(18-31(24)25(5-1)29-11-13-32-14-12-29)23-19-28(16-21-3-2-8-26-15-21)9-10-30(23)17-20-6-7-20/h1-5,8,15,18,20,23H,6-7,9-14,16-17,19H2. The molecule has 1 unspecified atom stereocenters. The number of pyridine rings is 2. The van der Waals surface area contributed by atoms with Gasteiger partial charge in [0.2, 0.25) is 0 Å². The molecule has 0 amide bonds. The van der Waals surface area contributed by atoms with Crippen LogP contribution in [0.5, 0.6) is 0 Å². The lowest BCUT2D eigenvalue weighted by molar-refractivity contribution is 0.0639. The molecular formula is C25H32N6O. The molecule has 1 aliphatic carbocycles. The number of morpholine rings is 1. The Balaban J connectivity index is 1.29. The first-order chi connectivity index (χ1) is 15.8. The quantitative estimate of drug-likeness (QED) is 0.597. The number of rotatable bonds is 6. The smallest absolute Gasteiger partial charge is 0.138 e. The Labute approximate surface area is 189 Å². The molecule has 1 saturated carbocycles. The fourth-order valence-electron chi connectivity index (χ4n) is 5.13. The summed E-state index contributed by atoms with van der Waals surface area (Å²) in [4.78, 5) is 17.1. The van der Waals surface area contributed by atoms with Gasteiger partial charge in [-0.1, -0.05) is 12.1 Å². The van der Waals surface area contributed by atoms with Crippen molar-refractivity contribution in [3.05, 3.63) is 60.2 Å². The fourth-order valence-corrected chi connectivity index (χ4v) is 5.13. The summed E-state index contributed by atoms with van der Waals surface area (Å²) in [6, 6.07) is 11.0. The van der Waals surface area contributed by atoms with E-state index in [0.29, 0.717) is 6.04 Å². The number of aromatic nitrogens is 3. The molecule has 0 spiro atoms. The summed E-state index contributed by atoms with van der Waals surface area (Å²) in [7, 11) is 0. The van der Waals surface area contributed by atoms with Gasteiger partial charge in [0, 0.05) is 64.4 Å². The number of nitrogens with zero attached hydrogens (tertiary/aromatic N) is 6. The second-order valence-corrected chi connectivity index (χ2v) is 9.43. The maximum absolute atomic E-state index is 5.57. The van der Waals surface area contributed by atoms with Gasteiger partial charge in [0.25, 0.3) is 0 Å². The van der Waals surface area contributed by atoms with Crippen molar-refractivity contribution in [3.63, 3.8) is 0 Å². The van der Waals surface area contributed by atoms with E-state index in [1.807, 2.05) is 18.5 Å². The van der Waals surface area contributed by atoms with E-state index >= 15 is 0 Å². The van der Waals surface area contributed by atoms with Gasteiger partial charge in [-0.3, -0.25) is 19.2 Å². The van der Waals surface area contributed by atoms with Crippen molar-refractivity contribution in [2.75, 3.05) is 57.4 Å². The van der Waals surface area contributed by atoms with Crippen LogP contribution in [0, 0.1) is 5.92 Å². The lowest BCUT2D eigenvalue weighted by Crippen LogP contribution is -2.48. The Morgan fingerprint density at radius 2 is 1.91 bits per heavy atom. The Morgan fingerprint density at radius 1 is 1.00 bits per heavy atom. The van der Waals surface area contributed by atoms with Gasteiger partial charge >= 0.3 is 0 Å². The highest BCUT2D eigenvalue weighted by Crippen LogP contribution is 2.35. The highest BCUT2D eigenvalue weighted by Gasteiger charge is 2.34. The van der Waals surface area contributed by atoms with E-state index in [9.17, 15) is 0 Å². The topological polar surface area (TPSA) is 49.1 Å². The van der Waals surface area contributed by atoms with Gasteiger partial charge in [-0.25, -0.2) is 4.98 Å². The predicted octanol–water partition coefficient (Wildman–Crippen LogP) is 2.83. The van der Waals surface area contributed by atoms with Crippen molar-refractivity contribution in [2.24, 2.45) is 5.92 Å². The molecule has 1 atom stereocenters. The lowest BCUT2D eigenvalue weighted by atomic mass is 10.1. The third kappa shape index (κ3) is 4.25. The van der Waals surface area contributed by atoms with E-state index in [-0.39, 0.29) is 0 Å². The molecule has 168 valence electrons. The second kappa shape index (κ2) is 8.81. The van der Waals surface area contributed by atoms with Crippen LogP contribution in [0.15, 0.2) is 48.9 Å². The Hall–Kier alpha value is -2.48. The monoisotopic (exact) mass is 432 g/mol. The number of ether oxygens (including phenoxy) is 1. The van der Waals surface area contributed by atoms with Gasteiger partial charge < -0.3 is 9.64 Å². The van der Waals surface area contributed by atoms with Gasteiger partial charge in [0.1, 0.15) is 11.5 Å². The maximum atomic E-state index is 5.57. The zero-order valence-corrected chi connectivity index (χ0v) is 18.6. The maximum Gasteiger partial charge on any atom is 0.138 e. The van der Waals surface area contributed by atoms with E-state index in [1.165, 1.54) is 36.5 Å². The van der Waals surface area contributed by atoms with Crippen molar-refractivity contribution >= 4 is 11.5 Å². The van der Waals surface area contributed by atoms with Gasteiger partial charge in [-0.15, -0.1) is 0 Å². The largest absolute Gasteiger partial charge is 0.378 e. The summed E-state index contributed by atoms with van der Waals surface area (Å²) in [5.74, 6) is 2.10. The Bertz CT molecular complexity index is 1040. The first-order valence-corrected chi connectivity index (χ1v) is 12.0. The molecule has 2 aliphatic heterocycles. The molecule has 7 heteroatoms. The molecule has 0 bridgehead atoms. The van der Waals surface area contributed by atoms with Crippen LogP contribution in [0.4, 0.5) is 5.82 Å². The van der Waals surface area contributed by atoms with Gasteiger partial charge in [0.15, 0.2) is 0 Å². The zero-order chi connectivity index (χ0) is 21.3. The molecule has 3 fully saturated rings. The highest BCUT2D eigenvalue weighted by atomic mass is 16.5. The van der Waals surface area contributed by atoms with Crippen molar-refractivity contribution in [1.82, 2.24) is 24.2 Å². The van der Waals surface area contributed by atoms with Crippen LogP contribution in [0.3, 0.4) is 0 Å². The van der Waals surface area contributed by atoms with Crippen LogP contribution in [-0.4, -0.2) is 76.7 Å². The molecule has 32 heavy (non-hydrogen) atoms. The van der Waals surface area contributed by atoms with E-state index in [2.05, 4.69) is 54.5 Å². The first kappa shape index (κ1) is 20.1. The molecule has 2 saturated heterocycles. The average molecular weight is 433 g/mol. The SMILES string of the molecule is c1cncc(CN2CCN(CC3CC3)C(c3cn4c(N5CCOCC5)cccc4n3)C2)c1. The summed E-state index contributed by atoms with van der Waals surface area (Å²) in [5.41, 5.74) is 3.52. The van der Waals surface area contributed by atoms with Crippen molar-refractivity contribution in [1.29, 1.82) is 0 Å². The van der Waals surface area contributed by atoms with Crippen LogP contribution < -0.4 is 4.90 Å². The van der Waals surface area contributed by atoms with Gasteiger partial charge in [-0.2, -0.15) is 0 Å². The molecule has 3 aromatic heterocycles. The Morgan fingerprint density at radius 3 is 2.72 bits per heavy atom. The number of hydrogen-bond donors (Lipinski definition) is 0. The number of anilines is 1. The molecule has 3 aliphatic rings. The van der Waals surface area contributed by atoms with E-state index in [4.69, 9.17) is 9.72 Å². The molecule has 6 rings (SSSR count). The fraction of sp³-hybridized carbons (Fsp3) is 0.520. The lowest BCUT2D eigenvalue weighted by Gasteiger charge is -2.41. The van der Waals surface area contributed by atoms with Gasteiger partial charge in [0.05, 0.1) is 24.9 Å². The Kier molecular flexibility index (Phi) is 5.55. The molecule has 7 nitrogen and oxygen atoms in total. The highest BCUT2D eigenvalue weighted by molar-refractivity contribution is 5.53. The minimum Gasteiger partial charge on any atom is -0.378 e. The summed E-state index contributed by atoms with van der Waals surface area (Å²) >= 11 is 0. The average Bonchev–Trinajstić information content (AvgIpc) is 3.55. The number of hydrogen-bond acceptors (Lipinski definition) is 6. The molecule has 5 heterocycles. The third-order valence-corrected chi connectivity index (χ3v) is 7.06. The second-order valence-electron chi connectivity index (χ2n) is 9.43. The predicted molar refractivity (Wildman–Crippen MR) is 125 cm³/mol. The normalized spacial score (nSPS) is 23.1. The van der Waals surface area contributed by atoms with E-state index < -0.39 is 0 Å². The molecular weight excluding hydrogens is 400 g/mol. The van der Waals surface area contributed by atoms with Crippen LogP contribution in [0.1, 0.15) is 30.1 Å². The van der Waals surface area contributed by atoms with Crippen molar-refractivity contribution in [3.8, 4) is 0 Å². The van der Waals surface area contributed by atoms with Crippen LogP contribution in [0.2, 0.25) is 0 Å². The molecule has 3 aromatic rings. The zero-order valence-electron chi connectivity index (χ0n) is 18.6. The van der Waals surface area contributed by atoms with Crippen molar-refractivity contribution < 1.29 is 4.74 Å². The summed E-state index contributed by atoms with van der Waals surface area (Å²) < 4.78 is 7.86. The molecule has 0 aromatic carbocycles. The summed E-state index contributed by atoms with van der Waals surface area (Å²) in [5, 5.41) is 0. The first-order valence-electron chi connectivity index (χ1n) is 12.0. The summed E-state index contributed by atoms with van der Waals surface area (Å²) in [6.45, 7) is 8.82. The van der Waals surface area contributed by atoms with Crippen LogP contribution >= 0.6 is 0 Å². The van der Waals surface area contributed by atoms with Crippen LogP contribution in [-0.2, 0) is 11.3 Å². The number of piperazine rings is 1. The van der Waals surface area contributed by atoms with Gasteiger partial charge in [-0.05, 0) is 42.5 Å². The number of fused-ring (bicyclic) bond motifs is 1. The minimum absolute atomic E-state index is 0.332. The van der Waals surface area contributed by atoms with Crippen LogP contribution in [0.25, 0.3) is 5.65 Å². The third-order valence-electron chi connectivity index (χ3n) is 7.06. The summed E-state index contributed by atoms with van der Waals surface area (Å²) in [6.07, 6.45) is 8.90. The molecule has 0 radical (unpaired) electrons. The number of imidazole rings is 1. The molecule has 0 N–H and O–H groups in total. The van der Waals surface area contributed by atoms with E-state index in [0.717, 1.165) is 64.0 Å². The van der Waals surface area contributed by atoms with Crippen molar-refractivity contribution in [2.45, 2.75) is 25.4 Å². The minimum atomic E-state index is 0.332. The van der Waals surface area contributed by atoms with E-state index in [1.54, 1.807) is 0 Å².